The molecule has 0 amide bonds. The number of nitrogens with two attached hydrogens (primary N) is 2. The predicted molar refractivity (Wildman–Crippen MR) is 41.5 cm³/mol. The first-order valence-corrected chi connectivity index (χ1v) is 3.32. The molecule has 0 fully saturated rings. The van der Waals surface area contributed by atoms with E-state index in [2.05, 4.69) is 10.3 Å². The monoisotopic (exact) mass is 180 g/mol. The molecular weight excluding hydrogens is 175 g/mol. The molecule has 1 rings (SSSR count). The Hall–Kier alpha value is -0.610. The van der Waals surface area contributed by atoms with Crippen LogP contribution >= 0.6 is 23.2 Å². The van der Waals surface area contributed by atoms with Gasteiger partial charge < -0.3 is 16.8 Å². The lowest BCUT2D eigenvalue weighted by molar-refractivity contribution is 0.852. The van der Waals surface area contributed by atoms with Crippen molar-refractivity contribution in [1.29, 1.82) is 0 Å². The molecule has 1 aliphatic heterocycles. The molecule has 0 saturated carbocycles. The first-order valence-electron chi connectivity index (χ1n) is 2.51. The summed E-state index contributed by atoms with van der Waals surface area (Å²) in [5, 5.41) is 2.73. The molecule has 1 heterocycles. The fourth-order valence-corrected chi connectivity index (χ4v) is 0.986. The highest BCUT2D eigenvalue weighted by Crippen LogP contribution is 2.15. The molecule has 0 radical (unpaired) electrons. The Bertz CT molecular complexity index is 209. The molecular formula is C4H6Cl2N4. The molecule has 1 unspecified atom stereocenters. The lowest BCUT2D eigenvalue weighted by Crippen LogP contribution is -2.42. The Kier molecular flexibility index (Phi) is 1.92. The van der Waals surface area contributed by atoms with E-state index in [1.54, 1.807) is 0 Å². The summed E-state index contributed by atoms with van der Waals surface area (Å²) < 4.78 is 0. The fourth-order valence-electron chi connectivity index (χ4n) is 0.515. The molecule has 0 aliphatic carbocycles. The van der Waals surface area contributed by atoms with Gasteiger partial charge in [0.05, 0.1) is 5.70 Å². The van der Waals surface area contributed by atoms with Crippen molar-refractivity contribution in [2.75, 3.05) is 0 Å². The van der Waals surface area contributed by atoms with Crippen LogP contribution in [0.4, 0.5) is 0 Å². The molecule has 1 aliphatic rings. The SMILES string of the molecule is NC1=NC(Cl)=C(N)C(Cl)N1. The zero-order chi connectivity index (χ0) is 7.72. The summed E-state index contributed by atoms with van der Waals surface area (Å²) in [6.07, 6.45) is 0. The van der Waals surface area contributed by atoms with E-state index in [9.17, 15) is 0 Å². The van der Waals surface area contributed by atoms with E-state index in [0.29, 0.717) is 0 Å². The van der Waals surface area contributed by atoms with Crippen molar-refractivity contribution < 1.29 is 0 Å². The van der Waals surface area contributed by atoms with Crippen molar-refractivity contribution in [3.05, 3.63) is 10.9 Å². The number of halogens is 2. The number of guanidine groups is 1. The van der Waals surface area contributed by atoms with E-state index in [4.69, 9.17) is 34.7 Å². The maximum Gasteiger partial charge on any atom is 0.196 e. The average molecular weight is 181 g/mol. The molecule has 1 atom stereocenters. The standard InChI is InChI=1S/C4H6Cl2N4/c5-2-1(7)3(6)10-4(8)9-2/h2H,7H2,(H3,8,9,10). The van der Waals surface area contributed by atoms with Crippen LogP contribution in [0, 0.1) is 0 Å². The lowest BCUT2D eigenvalue weighted by Gasteiger charge is -2.17. The number of nitrogens with one attached hydrogen (secondary N) is 1. The molecule has 56 valence electrons. The van der Waals surface area contributed by atoms with E-state index >= 15 is 0 Å². The highest BCUT2D eigenvalue weighted by Gasteiger charge is 2.16. The molecule has 0 bridgehead atoms. The van der Waals surface area contributed by atoms with Gasteiger partial charge in [-0.3, -0.25) is 0 Å². The van der Waals surface area contributed by atoms with Crippen LogP contribution < -0.4 is 16.8 Å². The van der Waals surface area contributed by atoms with Gasteiger partial charge in [0, 0.05) is 0 Å². The number of hydrogen-bond donors (Lipinski definition) is 3. The first-order chi connectivity index (χ1) is 4.61. The van der Waals surface area contributed by atoms with Crippen molar-refractivity contribution in [2.45, 2.75) is 5.50 Å². The summed E-state index contributed by atoms with van der Waals surface area (Å²) in [5.41, 5.74) is 10.4. The van der Waals surface area contributed by atoms with E-state index in [-0.39, 0.29) is 16.8 Å². The molecule has 0 aromatic rings. The van der Waals surface area contributed by atoms with Gasteiger partial charge in [-0.05, 0) is 0 Å². The Labute approximate surface area is 67.9 Å². The smallest absolute Gasteiger partial charge is 0.196 e. The summed E-state index contributed by atoms with van der Waals surface area (Å²) in [6.45, 7) is 0. The van der Waals surface area contributed by atoms with Gasteiger partial charge in [-0.2, -0.15) is 0 Å². The van der Waals surface area contributed by atoms with Crippen molar-refractivity contribution in [1.82, 2.24) is 5.32 Å². The largest absolute Gasteiger partial charge is 0.397 e. The van der Waals surface area contributed by atoms with Gasteiger partial charge in [-0.1, -0.05) is 23.2 Å². The second-order valence-electron chi connectivity index (χ2n) is 1.75. The molecule has 5 N–H and O–H groups in total. The van der Waals surface area contributed by atoms with Crippen LogP contribution in [0.25, 0.3) is 0 Å². The van der Waals surface area contributed by atoms with Crippen LogP contribution in [0.1, 0.15) is 0 Å². The first kappa shape index (κ1) is 7.50. The van der Waals surface area contributed by atoms with Crippen LogP contribution in [0.2, 0.25) is 0 Å². The van der Waals surface area contributed by atoms with Crippen molar-refractivity contribution in [3.63, 3.8) is 0 Å². The summed E-state index contributed by atoms with van der Waals surface area (Å²) in [5.74, 6) is 0.180. The van der Waals surface area contributed by atoms with E-state index in [1.807, 2.05) is 0 Å². The second-order valence-corrected chi connectivity index (χ2v) is 2.54. The van der Waals surface area contributed by atoms with Crippen LogP contribution in [0.15, 0.2) is 15.8 Å². The van der Waals surface area contributed by atoms with E-state index in [0.717, 1.165) is 0 Å². The minimum Gasteiger partial charge on any atom is -0.397 e. The molecule has 0 aromatic carbocycles. The maximum atomic E-state index is 5.62. The van der Waals surface area contributed by atoms with Crippen molar-refractivity contribution in [2.24, 2.45) is 16.5 Å². The summed E-state index contributed by atoms with van der Waals surface area (Å²) in [7, 11) is 0. The predicted octanol–water partition coefficient (Wildman–Crippen LogP) is -0.164. The molecule has 0 aromatic heterocycles. The lowest BCUT2D eigenvalue weighted by atomic mass is 10.4. The molecule has 0 spiro atoms. The minimum atomic E-state index is -0.551. The Morgan fingerprint density at radius 2 is 2.10 bits per heavy atom. The van der Waals surface area contributed by atoms with Gasteiger partial charge in [0.25, 0.3) is 0 Å². The van der Waals surface area contributed by atoms with Gasteiger partial charge in [-0.25, -0.2) is 4.99 Å². The fraction of sp³-hybridized carbons (Fsp3) is 0.250. The average Bonchev–Trinajstić information content (AvgIpc) is 1.82. The van der Waals surface area contributed by atoms with Crippen LogP contribution in [0.3, 0.4) is 0 Å². The third-order valence-corrected chi connectivity index (χ3v) is 1.65. The van der Waals surface area contributed by atoms with E-state index < -0.39 is 5.50 Å². The maximum absolute atomic E-state index is 5.62. The van der Waals surface area contributed by atoms with Gasteiger partial charge in [0.1, 0.15) is 5.50 Å². The van der Waals surface area contributed by atoms with Crippen molar-refractivity contribution >= 4 is 29.2 Å². The second kappa shape index (κ2) is 2.56. The van der Waals surface area contributed by atoms with Crippen LogP contribution in [-0.4, -0.2) is 11.5 Å². The van der Waals surface area contributed by atoms with Gasteiger partial charge >= 0.3 is 0 Å². The highest BCUT2D eigenvalue weighted by atomic mass is 35.5. The third-order valence-electron chi connectivity index (χ3n) is 1.00. The molecule has 0 saturated heterocycles. The Balaban J connectivity index is 2.92. The molecule has 6 heteroatoms. The van der Waals surface area contributed by atoms with Crippen LogP contribution in [0.5, 0.6) is 0 Å². The van der Waals surface area contributed by atoms with Gasteiger partial charge in [0.2, 0.25) is 0 Å². The number of alkyl halides is 1. The summed E-state index contributed by atoms with van der Waals surface area (Å²) >= 11 is 11.1. The Morgan fingerprint density at radius 1 is 1.50 bits per heavy atom. The zero-order valence-electron chi connectivity index (χ0n) is 4.94. The van der Waals surface area contributed by atoms with Gasteiger partial charge in [0.15, 0.2) is 11.1 Å². The minimum absolute atomic E-state index is 0.149. The third kappa shape index (κ3) is 1.27. The summed E-state index contributed by atoms with van der Waals surface area (Å²) in [6, 6.07) is 0. The highest BCUT2D eigenvalue weighted by molar-refractivity contribution is 6.32. The van der Waals surface area contributed by atoms with Gasteiger partial charge in [-0.15, -0.1) is 0 Å². The van der Waals surface area contributed by atoms with Crippen molar-refractivity contribution in [3.8, 4) is 0 Å². The number of rotatable bonds is 0. The number of hydrogen-bond acceptors (Lipinski definition) is 4. The topological polar surface area (TPSA) is 76.4 Å². The Morgan fingerprint density at radius 3 is 2.60 bits per heavy atom. The number of aliphatic imine (C=N–C) groups is 1. The van der Waals surface area contributed by atoms with E-state index in [1.165, 1.54) is 0 Å². The molecule has 4 nitrogen and oxygen atoms in total. The normalized spacial score (nSPS) is 25.8. The van der Waals surface area contributed by atoms with Crippen LogP contribution in [-0.2, 0) is 0 Å². The quantitative estimate of drug-likeness (QED) is 0.358. The summed E-state index contributed by atoms with van der Waals surface area (Å²) in [4.78, 5) is 3.63. The number of nitrogens with zero attached hydrogens (tertiary/aromatic N) is 1. The zero-order valence-corrected chi connectivity index (χ0v) is 6.45. The molecule has 10 heavy (non-hydrogen) atoms.